The number of hydrogen-bond donors (Lipinski definition) is 1. The summed E-state index contributed by atoms with van der Waals surface area (Å²) < 4.78 is 1.62. The van der Waals surface area contributed by atoms with E-state index in [1.807, 2.05) is 45.0 Å². The minimum Gasteiger partial charge on any atom is -0.481 e. The van der Waals surface area contributed by atoms with Crippen molar-refractivity contribution in [3.05, 3.63) is 29.8 Å². The summed E-state index contributed by atoms with van der Waals surface area (Å²) in [5.41, 5.74) is 2.00. The Kier molecular flexibility index (Phi) is 4.12. The molecule has 0 saturated heterocycles. The van der Waals surface area contributed by atoms with Gasteiger partial charge < -0.3 is 5.11 Å². The fourth-order valence-corrected chi connectivity index (χ4v) is 2.17. The number of tetrazole rings is 1. The molecule has 0 amide bonds. The van der Waals surface area contributed by atoms with Crippen molar-refractivity contribution >= 4 is 5.97 Å². The number of nitrogens with zero attached hydrogens (tertiary/aromatic N) is 4. The standard InChI is InChI=1S/C14H18N4O2/c1-9(2)12(8-13(19)20)18-14(15-16-17-18)11-6-4-5-10(3)7-11/h4-7,9,12H,8H2,1-3H3,(H,19,20). The van der Waals surface area contributed by atoms with E-state index in [9.17, 15) is 4.79 Å². The molecule has 2 rings (SSSR count). The summed E-state index contributed by atoms with van der Waals surface area (Å²) in [5, 5.41) is 20.8. The Bertz CT molecular complexity index is 607. The van der Waals surface area contributed by atoms with Gasteiger partial charge in [-0.1, -0.05) is 37.6 Å². The first-order valence-corrected chi connectivity index (χ1v) is 6.55. The van der Waals surface area contributed by atoms with Crippen LogP contribution in [0.15, 0.2) is 24.3 Å². The molecule has 0 fully saturated rings. The Hall–Kier alpha value is -2.24. The van der Waals surface area contributed by atoms with Crippen LogP contribution in [0.4, 0.5) is 0 Å². The zero-order chi connectivity index (χ0) is 14.7. The zero-order valence-corrected chi connectivity index (χ0v) is 11.8. The number of aryl methyl sites for hydroxylation is 1. The van der Waals surface area contributed by atoms with Gasteiger partial charge in [-0.05, 0) is 29.3 Å². The molecule has 2 aromatic rings. The molecule has 6 nitrogen and oxygen atoms in total. The van der Waals surface area contributed by atoms with Crippen molar-refractivity contribution in [1.29, 1.82) is 0 Å². The maximum atomic E-state index is 11.0. The molecule has 0 aliphatic heterocycles. The third-order valence-corrected chi connectivity index (χ3v) is 3.24. The van der Waals surface area contributed by atoms with Crippen molar-refractivity contribution in [1.82, 2.24) is 20.2 Å². The van der Waals surface area contributed by atoms with Crippen LogP contribution >= 0.6 is 0 Å². The molecule has 0 aliphatic carbocycles. The molecule has 1 heterocycles. The summed E-state index contributed by atoms with van der Waals surface area (Å²) in [4.78, 5) is 11.0. The predicted molar refractivity (Wildman–Crippen MR) is 74.1 cm³/mol. The third kappa shape index (κ3) is 3.01. The maximum absolute atomic E-state index is 11.0. The molecular formula is C14H18N4O2. The monoisotopic (exact) mass is 274 g/mol. The molecular weight excluding hydrogens is 256 g/mol. The van der Waals surface area contributed by atoms with E-state index >= 15 is 0 Å². The van der Waals surface area contributed by atoms with Gasteiger partial charge >= 0.3 is 5.97 Å². The van der Waals surface area contributed by atoms with Gasteiger partial charge in [0.15, 0.2) is 5.82 Å². The van der Waals surface area contributed by atoms with Gasteiger partial charge in [-0.2, -0.15) is 0 Å². The average molecular weight is 274 g/mol. The van der Waals surface area contributed by atoms with Crippen molar-refractivity contribution < 1.29 is 9.90 Å². The Morgan fingerprint density at radius 3 is 2.75 bits per heavy atom. The van der Waals surface area contributed by atoms with Crippen molar-refractivity contribution in [2.75, 3.05) is 0 Å². The van der Waals surface area contributed by atoms with E-state index in [-0.39, 0.29) is 18.4 Å². The summed E-state index contributed by atoms with van der Waals surface area (Å²) in [6.07, 6.45) is 0.00151. The molecule has 1 unspecified atom stereocenters. The van der Waals surface area contributed by atoms with Crippen LogP contribution in [0.2, 0.25) is 0 Å². The smallest absolute Gasteiger partial charge is 0.305 e. The van der Waals surface area contributed by atoms with Crippen LogP contribution in [0.3, 0.4) is 0 Å². The van der Waals surface area contributed by atoms with Crippen molar-refractivity contribution in [3.8, 4) is 11.4 Å². The van der Waals surface area contributed by atoms with Crippen LogP contribution in [-0.2, 0) is 4.79 Å². The molecule has 0 spiro atoms. The number of hydrogen-bond acceptors (Lipinski definition) is 4. The van der Waals surface area contributed by atoms with E-state index in [2.05, 4.69) is 15.5 Å². The first-order chi connectivity index (χ1) is 9.49. The second kappa shape index (κ2) is 5.81. The predicted octanol–water partition coefficient (Wildman–Crippen LogP) is 2.32. The molecule has 0 radical (unpaired) electrons. The van der Waals surface area contributed by atoms with Crippen LogP contribution < -0.4 is 0 Å². The highest BCUT2D eigenvalue weighted by molar-refractivity contribution is 5.67. The highest BCUT2D eigenvalue weighted by Crippen LogP contribution is 2.26. The van der Waals surface area contributed by atoms with Crippen LogP contribution in [0.25, 0.3) is 11.4 Å². The van der Waals surface area contributed by atoms with E-state index in [0.29, 0.717) is 5.82 Å². The molecule has 0 aliphatic rings. The van der Waals surface area contributed by atoms with Gasteiger partial charge in [-0.25, -0.2) is 4.68 Å². The third-order valence-electron chi connectivity index (χ3n) is 3.24. The normalized spacial score (nSPS) is 12.6. The fraction of sp³-hybridized carbons (Fsp3) is 0.429. The molecule has 1 aromatic heterocycles. The number of aliphatic carboxylic acids is 1. The average Bonchev–Trinajstić information content (AvgIpc) is 2.84. The molecule has 106 valence electrons. The van der Waals surface area contributed by atoms with Gasteiger partial charge in [0.05, 0.1) is 12.5 Å². The molecule has 6 heteroatoms. The van der Waals surface area contributed by atoms with E-state index < -0.39 is 5.97 Å². The van der Waals surface area contributed by atoms with Gasteiger partial charge in [0.2, 0.25) is 0 Å². The summed E-state index contributed by atoms with van der Waals surface area (Å²) in [6.45, 7) is 5.93. The van der Waals surface area contributed by atoms with Crippen molar-refractivity contribution in [2.45, 2.75) is 33.2 Å². The lowest BCUT2D eigenvalue weighted by molar-refractivity contribution is -0.138. The van der Waals surface area contributed by atoms with Gasteiger partial charge in [0.1, 0.15) is 0 Å². The van der Waals surface area contributed by atoms with Gasteiger partial charge in [0.25, 0.3) is 0 Å². The second-order valence-corrected chi connectivity index (χ2v) is 5.23. The number of aromatic nitrogens is 4. The number of carbonyl (C=O) groups is 1. The van der Waals surface area contributed by atoms with Gasteiger partial charge in [-0.15, -0.1) is 5.10 Å². The van der Waals surface area contributed by atoms with Gasteiger partial charge in [-0.3, -0.25) is 4.79 Å². The molecule has 1 atom stereocenters. The largest absolute Gasteiger partial charge is 0.481 e. The van der Waals surface area contributed by atoms with E-state index in [1.165, 1.54) is 0 Å². The van der Waals surface area contributed by atoms with Crippen molar-refractivity contribution in [2.24, 2.45) is 5.92 Å². The molecule has 0 bridgehead atoms. The van der Waals surface area contributed by atoms with Crippen LogP contribution in [-0.4, -0.2) is 31.3 Å². The van der Waals surface area contributed by atoms with Crippen LogP contribution in [0.5, 0.6) is 0 Å². The Morgan fingerprint density at radius 1 is 1.40 bits per heavy atom. The number of carboxylic acids is 1. The summed E-state index contributed by atoms with van der Waals surface area (Å²) in [7, 11) is 0. The molecule has 1 N–H and O–H groups in total. The van der Waals surface area contributed by atoms with Crippen LogP contribution in [0.1, 0.15) is 31.9 Å². The van der Waals surface area contributed by atoms with E-state index in [1.54, 1.807) is 4.68 Å². The molecule has 20 heavy (non-hydrogen) atoms. The van der Waals surface area contributed by atoms with E-state index in [4.69, 9.17) is 5.11 Å². The lowest BCUT2D eigenvalue weighted by atomic mass is 10.0. The number of rotatable bonds is 5. The highest BCUT2D eigenvalue weighted by Gasteiger charge is 2.24. The number of benzene rings is 1. The van der Waals surface area contributed by atoms with Crippen LogP contribution in [0, 0.1) is 12.8 Å². The Morgan fingerprint density at radius 2 is 2.15 bits per heavy atom. The topological polar surface area (TPSA) is 80.9 Å². The fourth-order valence-electron chi connectivity index (χ4n) is 2.17. The summed E-state index contributed by atoms with van der Waals surface area (Å²) >= 11 is 0. The second-order valence-electron chi connectivity index (χ2n) is 5.23. The quantitative estimate of drug-likeness (QED) is 0.905. The zero-order valence-electron chi connectivity index (χ0n) is 11.8. The van der Waals surface area contributed by atoms with Crippen molar-refractivity contribution in [3.63, 3.8) is 0 Å². The Balaban J connectivity index is 2.43. The van der Waals surface area contributed by atoms with Gasteiger partial charge in [0, 0.05) is 5.56 Å². The molecule has 0 saturated carbocycles. The van der Waals surface area contributed by atoms with E-state index in [0.717, 1.165) is 11.1 Å². The highest BCUT2D eigenvalue weighted by atomic mass is 16.4. The summed E-state index contributed by atoms with van der Waals surface area (Å²) in [5.74, 6) is -0.124. The number of carboxylic acid groups (broad SMARTS) is 1. The Labute approximate surface area is 117 Å². The minimum atomic E-state index is -0.852. The summed E-state index contributed by atoms with van der Waals surface area (Å²) in [6, 6.07) is 7.58. The first-order valence-electron chi connectivity index (χ1n) is 6.55. The SMILES string of the molecule is Cc1cccc(-c2nnnn2C(CC(=O)O)C(C)C)c1. The first kappa shape index (κ1) is 14.2. The molecule has 1 aromatic carbocycles. The lowest BCUT2D eigenvalue weighted by Crippen LogP contribution is -2.21. The minimum absolute atomic E-state index is 0.00151. The maximum Gasteiger partial charge on any atom is 0.305 e. The lowest BCUT2D eigenvalue weighted by Gasteiger charge is -2.20.